The van der Waals surface area contributed by atoms with Gasteiger partial charge in [0.25, 0.3) is 0 Å². The minimum Gasteiger partial charge on any atom is -0.493 e. The Hall–Kier alpha value is -1.94. The first-order valence-electron chi connectivity index (χ1n) is 6.23. The van der Waals surface area contributed by atoms with E-state index < -0.39 is 0 Å². The molecule has 0 spiro atoms. The van der Waals surface area contributed by atoms with Gasteiger partial charge in [-0.1, -0.05) is 12.1 Å². The summed E-state index contributed by atoms with van der Waals surface area (Å²) in [6, 6.07) is 8.11. The van der Waals surface area contributed by atoms with Gasteiger partial charge in [-0.3, -0.25) is 4.98 Å². The van der Waals surface area contributed by atoms with E-state index >= 15 is 0 Å². The summed E-state index contributed by atoms with van der Waals surface area (Å²) in [7, 11) is 0. The molecule has 3 nitrogen and oxygen atoms in total. The summed E-state index contributed by atoms with van der Waals surface area (Å²) in [5, 5.41) is 0. The summed E-state index contributed by atoms with van der Waals surface area (Å²) in [6.45, 7) is 2.32. The lowest BCUT2D eigenvalue weighted by Crippen LogP contribution is -2.10. The van der Waals surface area contributed by atoms with Crippen LogP contribution in [0.2, 0.25) is 0 Å². The number of pyridine rings is 1. The van der Waals surface area contributed by atoms with E-state index in [2.05, 4.69) is 4.98 Å². The maximum Gasteiger partial charge on any atom is 0.126 e. The number of aromatic nitrogens is 1. The van der Waals surface area contributed by atoms with Crippen LogP contribution >= 0.6 is 0 Å². The van der Waals surface area contributed by atoms with Crippen LogP contribution in [-0.2, 0) is 6.42 Å². The Bertz CT molecular complexity index is 529. The molecule has 0 unspecified atom stereocenters. The molecule has 0 bridgehead atoms. The third-order valence-electron chi connectivity index (χ3n) is 2.84. The highest BCUT2D eigenvalue weighted by molar-refractivity contribution is 5.36. The van der Waals surface area contributed by atoms with Crippen LogP contribution < -0.4 is 10.5 Å². The molecule has 0 fully saturated rings. The smallest absolute Gasteiger partial charge is 0.126 e. The first kappa shape index (κ1) is 13.5. The standard InChI is InChI=1S/C15H17FN2O/c1-11(17)14-5-4-13(16)9-15(14)19-8-6-12-3-2-7-18-10-12/h2-5,7,9-11H,6,8,17H2,1H3/t11-/m0/s1. The normalized spacial score (nSPS) is 12.2. The highest BCUT2D eigenvalue weighted by Crippen LogP contribution is 2.24. The van der Waals surface area contributed by atoms with Crippen LogP contribution in [0.15, 0.2) is 42.7 Å². The molecule has 19 heavy (non-hydrogen) atoms. The van der Waals surface area contributed by atoms with Crippen LogP contribution in [0.25, 0.3) is 0 Å². The quantitative estimate of drug-likeness (QED) is 0.899. The molecule has 0 saturated heterocycles. The van der Waals surface area contributed by atoms with Crippen molar-refractivity contribution in [2.75, 3.05) is 6.61 Å². The molecule has 1 aromatic heterocycles. The Labute approximate surface area is 112 Å². The van der Waals surface area contributed by atoms with Crippen LogP contribution in [0.5, 0.6) is 5.75 Å². The molecular weight excluding hydrogens is 243 g/mol. The van der Waals surface area contributed by atoms with Gasteiger partial charge in [0.05, 0.1) is 6.61 Å². The number of rotatable bonds is 5. The first-order chi connectivity index (χ1) is 9.16. The number of hydrogen-bond acceptors (Lipinski definition) is 3. The molecule has 0 aliphatic rings. The largest absolute Gasteiger partial charge is 0.493 e. The van der Waals surface area contributed by atoms with E-state index in [-0.39, 0.29) is 11.9 Å². The Morgan fingerprint density at radius 2 is 2.21 bits per heavy atom. The number of benzene rings is 1. The number of hydrogen-bond donors (Lipinski definition) is 1. The summed E-state index contributed by atoms with van der Waals surface area (Å²) >= 11 is 0. The van der Waals surface area contributed by atoms with E-state index in [0.717, 1.165) is 17.5 Å². The lowest BCUT2D eigenvalue weighted by atomic mass is 10.1. The molecule has 4 heteroatoms. The fourth-order valence-electron chi connectivity index (χ4n) is 1.83. The van der Waals surface area contributed by atoms with Gasteiger partial charge in [0.1, 0.15) is 11.6 Å². The number of ether oxygens (including phenoxy) is 1. The molecule has 100 valence electrons. The zero-order valence-corrected chi connectivity index (χ0v) is 10.8. The second-order valence-corrected chi connectivity index (χ2v) is 4.43. The molecule has 0 aliphatic carbocycles. The lowest BCUT2D eigenvalue weighted by molar-refractivity contribution is 0.315. The van der Waals surface area contributed by atoms with Gasteiger partial charge in [-0.2, -0.15) is 0 Å². The molecule has 0 radical (unpaired) electrons. The Balaban J connectivity index is 2.01. The highest BCUT2D eigenvalue weighted by atomic mass is 19.1. The SMILES string of the molecule is C[C@H](N)c1ccc(F)cc1OCCc1cccnc1. The molecule has 2 N–H and O–H groups in total. The summed E-state index contributed by atoms with van der Waals surface area (Å²) < 4.78 is 18.9. The van der Waals surface area contributed by atoms with Gasteiger partial charge in [0, 0.05) is 36.5 Å². The molecule has 1 heterocycles. The zero-order chi connectivity index (χ0) is 13.7. The van der Waals surface area contributed by atoms with Crippen molar-refractivity contribution in [3.8, 4) is 5.75 Å². The number of nitrogens with zero attached hydrogens (tertiary/aromatic N) is 1. The van der Waals surface area contributed by atoms with Gasteiger partial charge in [0.15, 0.2) is 0 Å². The monoisotopic (exact) mass is 260 g/mol. The van der Waals surface area contributed by atoms with Gasteiger partial charge in [0.2, 0.25) is 0 Å². The van der Waals surface area contributed by atoms with E-state index in [9.17, 15) is 4.39 Å². The molecule has 0 aliphatic heterocycles. The average molecular weight is 260 g/mol. The van der Waals surface area contributed by atoms with Crippen molar-refractivity contribution in [3.63, 3.8) is 0 Å². The van der Waals surface area contributed by atoms with Gasteiger partial charge in [-0.05, 0) is 24.6 Å². The minimum atomic E-state index is -0.319. The number of nitrogens with two attached hydrogens (primary N) is 1. The molecule has 2 rings (SSSR count). The Kier molecular flexibility index (Phi) is 4.47. The lowest BCUT2D eigenvalue weighted by Gasteiger charge is -2.14. The van der Waals surface area contributed by atoms with E-state index in [1.165, 1.54) is 12.1 Å². The summed E-state index contributed by atoms with van der Waals surface area (Å²) in [6.07, 6.45) is 4.25. The third-order valence-corrected chi connectivity index (χ3v) is 2.84. The van der Waals surface area contributed by atoms with E-state index in [4.69, 9.17) is 10.5 Å². The van der Waals surface area contributed by atoms with E-state index in [1.807, 2.05) is 19.1 Å². The second kappa shape index (κ2) is 6.29. The Morgan fingerprint density at radius 1 is 1.37 bits per heavy atom. The van der Waals surface area contributed by atoms with Crippen molar-refractivity contribution in [1.29, 1.82) is 0 Å². The predicted octanol–water partition coefficient (Wildman–Crippen LogP) is 2.86. The van der Waals surface area contributed by atoms with E-state index in [1.54, 1.807) is 18.5 Å². The van der Waals surface area contributed by atoms with Crippen molar-refractivity contribution in [1.82, 2.24) is 4.98 Å². The van der Waals surface area contributed by atoms with Crippen molar-refractivity contribution >= 4 is 0 Å². The molecule has 0 saturated carbocycles. The zero-order valence-electron chi connectivity index (χ0n) is 10.8. The second-order valence-electron chi connectivity index (χ2n) is 4.43. The predicted molar refractivity (Wildman–Crippen MR) is 72.4 cm³/mol. The summed E-state index contributed by atoms with van der Waals surface area (Å²) in [5.74, 6) is 0.194. The van der Waals surface area contributed by atoms with Crippen LogP contribution in [0.3, 0.4) is 0 Å². The van der Waals surface area contributed by atoms with Crippen molar-refractivity contribution in [3.05, 3.63) is 59.7 Å². The molecule has 1 atom stereocenters. The number of halogens is 1. The first-order valence-corrected chi connectivity index (χ1v) is 6.23. The Morgan fingerprint density at radius 3 is 2.89 bits per heavy atom. The van der Waals surface area contributed by atoms with Gasteiger partial charge >= 0.3 is 0 Å². The molecule has 1 aromatic carbocycles. The van der Waals surface area contributed by atoms with Crippen molar-refractivity contribution < 1.29 is 9.13 Å². The van der Waals surface area contributed by atoms with Gasteiger partial charge in [-0.25, -0.2) is 4.39 Å². The fourth-order valence-corrected chi connectivity index (χ4v) is 1.83. The highest BCUT2D eigenvalue weighted by Gasteiger charge is 2.09. The van der Waals surface area contributed by atoms with E-state index in [0.29, 0.717) is 12.4 Å². The summed E-state index contributed by atoms with van der Waals surface area (Å²) in [4.78, 5) is 4.03. The molecule has 2 aromatic rings. The van der Waals surface area contributed by atoms with Crippen LogP contribution in [-0.4, -0.2) is 11.6 Å². The third kappa shape index (κ3) is 3.76. The summed E-state index contributed by atoms with van der Waals surface area (Å²) in [5.41, 5.74) is 7.73. The van der Waals surface area contributed by atoms with Crippen molar-refractivity contribution in [2.24, 2.45) is 5.73 Å². The van der Waals surface area contributed by atoms with Crippen LogP contribution in [0.4, 0.5) is 4.39 Å². The van der Waals surface area contributed by atoms with Crippen LogP contribution in [0.1, 0.15) is 24.1 Å². The molecule has 0 amide bonds. The van der Waals surface area contributed by atoms with Gasteiger partial charge in [-0.15, -0.1) is 0 Å². The molecular formula is C15H17FN2O. The average Bonchev–Trinajstić information content (AvgIpc) is 2.39. The van der Waals surface area contributed by atoms with Crippen molar-refractivity contribution in [2.45, 2.75) is 19.4 Å². The maximum atomic E-state index is 13.2. The van der Waals surface area contributed by atoms with Gasteiger partial charge < -0.3 is 10.5 Å². The minimum absolute atomic E-state index is 0.186. The fraction of sp³-hybridized carbons (Fsp3) is 0.267. The van der Waals surface area contributed by atoms with Crippen LogP contribution in [0, 0.1) is 5.82 Å². The maximum absolute atomic E-state index is 13.2. The topological polar surface area (TPSA) is 48.1 Å².